The Morgan fingerprint density at radius 2 is 2.50 bits per heavy atom. The lowest BCUT2D eigenvalue weighted by atomic mass is 10.3. The van der Waals surface area contributed by atoms with Gasteiger partial charge in [-0.15, -0.1) is 11.3 Å². The fourth-order valence-electron chi connectivity index (χ4n) is 1.27. The van der Waals surface area contributed by atoms with Crippen LogP contribution in [0, 0.1) is 0 Å². The highest BCUT2D eigenvalue weighted by molar-refractivity contribution is 9.10. The highest BCUT2D eigenvalue weighted by Crippen LogP contribution is 2.22. The molecule has 0 saturated carbocycles. The van der Waals surface area contributed by atoms with Gasteiger partial charge in [0.2, 0.25) is 0 Å². The van der Waals surface area contributed by atoms with Crippen molar-refractivity contribution in [2.75, 3.05) is 6.54 Å². The first-order chi connectivity index (χ1) is 7.77. The number of amides is 1. The van der Waals surface area contributed by atoms with Crippen LogP contribution in [0.15, 0.2) is 28.4 Å². The van der Waals surface area contributed by atoms with Crippen LogP contribution in [0.2, 0.25) is 0 Å². The molecule has 0 atom stereocenters. The summed E-state index contributed by atoms with van der Waals surface area (Å²) in [6, 6.07) is 1.87. The van der Waals surface area contributed by atoms with E-state index in [0.29, 0.717) is 11.4 Å². The minimum Gasteiger partial charge on any atom is -0.351 e. The van der Waals surface area contributed by atoms with Gasteiger partial charge in [0.15, 0.2) is 0 Å². The van der Waals surface area contributed by atoms with Crippen LogP contribution in [-0.2, 0) is 6.42 Å². The number of hydrogen-bond donors (Lipinski definition) is 2. The average molecular weight is 300 g/mol. The first kappa shape index (κ1) is 11.3. The Hall–Kier alpha value is -1.14. The van der Waals surface area contributed by atoms with E-state index in [0.717, 1.165) is 16.6 Å². The Balaban J connectivity index is 1.83. The molecule has 1 amide bonds. The van der Waals surface area contributed by atoms with E-state index >= 15 is 0 Å². The molecule has 16 heavy (non-hydrogen) atoms. The molecule has 2 rings (SSSR count). The van der Waals surface area contributed by atoms with E-state index in [1.165, 1.54) is 11.3 Å². The number of nitrogens with one attached hydrogen (secondary N) is 2. The summed E-state index contributed by atoms with van der Waals surface area (Å²) in [5.74, 6) is -0.0404. The Labute approximate surface area is 105 Å². The number of carbonyl (C=O) groups excluding carboxylic acids is 1. The zero-order valence-corrected chi connectivity index (χ0v) is 10.8. The maximum Gasteiger partial charge on any atom is 0.262 e. The summed E-state index contributed by atoms with van der Waals surface area (Å²) in [4.78, 5) is 19.3. The molecular weight excluding hydrogens is 290 g/mol. The lowest BCUT2D eigenvalue weighted by molar-refractivity contribution is 0.0957. The first-order valence-corrected chi connectivity index (χ1v) is 6.43. The van der Waals surface area contributed by atoms with Crippen LogP contribution in [0.5, 0.6) is 0 Å². The zero-order chi connectivity index (χ0) is 11.4. The molecule has 0 aliphatic carbocycles. The van der Waals surface area contributed by atoms with E-state index in [-0.39, 0.29) is 5.91 Å². The molecule has 2 aromatic heterocycles. The van der Waals surface area contributed by atoms with Gasteiger partial charge in [-0.25, -0.2) is 4.98 Å². The highest BCUT2D eigenvalue weighted by atomic mass is 79.9. The fraction of sp³-hybridized carbons (Fsp3) is 0.200. The molecule has 2 aromatic rings. The second kappa shape index (κ2) is 5.27. The van der Waals surface area contributed by atoms with Crippen LogP contribution in [0.1, 0.15) is 15.4 Å². The van der Waals surface area contributed by atoms with Gasteiger partial charge < -0.3 is 10.3 Å². The Morgan fingerprint density at radius 3 is 3.12 bits per heavy atom. The van der Waals surface area contributed by atoms with Crippen LogP contribution in [-0.4, -0.2) is 22.4 Å². The van der Waals surface area contributed by atoms with Crippen LogP contribution in [0.3, 0.4) is 0 Å². The molecule has 0 radical (unpaired) electrons. The summed E-state index contributed by atoms with van der Waals surface area (Å²) in [6.45, 7) is 0.603. The van der Waals surface area contributed by atoms with Crippen molar-refractivity contribution in [3.05, 3.63) is 39.0 Å². The van der Waals surface area contributed by atoms with E-state index in [4.69, 9.17) is 0 Å². The summed E-state index contributed by atoms with van der Waals surface area (Å²) in [5, 5.41) is 4.74. The van der Waals surface area contributed by atoms with Gasteiger partial charge in [0, 0.05) is 29.3 Å². The topological polar surface area (TPSA) is 57.8 Å². The largest absolute Gasteiger partial charge is 0.351 e. The number of aromatic amines is 1. The second-order valence-electron chi connectivity index (χ2n) is 3.18. The summed E-state index contributed by atoms with van der Waals surface area (Å²) < 4.78 is 0.844. The van der Waals surface area contributed by atoms with Crippen LogP contribution in [0.25, 0.3) is 0 Å². The minimum atomic E-state index is -0.0404. The molecule has 84 valence electrons. The lowest BCUT2D eigenvalue weighted by Gasteiger charge is -2.02. The molecule has 0 unspecified atom stereocenters. The van der Waals surface area contributed by atoms with Gasteiger partial charge in [0.05, 0.1) is 6.33 Å². The van der Waals surface area contributed by atoms with Crippen molar-refractivity contribution in [3.8, 4) is 0 Å². The summed E-state index contributed by atoms with van der Waals surface area (Å²) in [7, 11) is 0. The Morgan fingerprint density at radius 1 is 1.62 bits per heavy atom. The summed E-state index contributed by atoms with van der Waals surface area (Å²) >= 11 is 4.76. The predicted molar refractivity (Wildman–Crippen MR) is 66.6 cm³/mol. The average Bonchev–Trinajstić information content (AvgIpc) is 2.88. The van der Waals surface area contributed by atoms with Gasteiger partial charge in [0.25, 0.3) is 5.91 Å². The Bertz CT molecular complexity index is 466. The second-order valence-corrected chi connectivity index (χ2v) is 4.95. The third kappa shape index (κ3) is 2.70. The van der Waals surface area contributed by atoms with Crippen LogP contribution < -0.4 is 5.32 Å². The Kier molecular flexibility index (Phi) is 3.74. The monoisotopic (exact) mass is 299 g/mol. The van der Waals surface area contributed by atoms with Gasteiger partial charge in [-0.2, -0.15) is 0 Å². The van der Waals surface area contributed by atoms with Gasteiger partial charge >= 0.3 is 0 Å². The number of hydrogen-bond acceptors (Lipinski definition) is 3. The number of imidazole rings is 1. The smallest absolute Gasteiger partial charge is 0.262 e. The van der Waals surface area contributed by atoms with Crippen molar-refractivity contribution in [2.24, 2.45) is 0 Å². The van der Waals surface area contributed by atoms with E-state index in [2.05, 4.69) is 31.2 Å². The SMILES string of the molecule is O=C(NCCc1cnc[nH]1)c1sccc1Br. The summed E-state index contributed by atoms with van der Waals surface area (Å²) in [5.41, 5.74) is 1.02. The molecule has 0 aromatic carbocycles. The third-order valence-corrected chi connectivity index (χ3v) is 3.89. The number of H-pyrrole nitrogens is 1. The lowest BCUT2D eigenvalue weighted by Crippen LogP contribution is -2.25. The highest BCUT2D eigenvalue weighted by Gasteiger charge is 2.10. The van der Waals surface area contributed by atoms with E-state index in [1.807, 2.05) is 11.4 Å². The molecule has 0 bridgehead atoms. The molecule has 0 fully saturated rings. The van der Waals surface area contributed by atoms with Crippen molar-refractivity contribution < 1.29 is 4.79 Å². The number of aromatic nitrogens is 2. The standard InChI is InChI=1S/C10H10BrN3OS/c11-8-2-4-16-9(8)10(15)13-3-1-7-5-12-6-14-7/h2,4-6H,1,3H2,(H,12,14)(H,13,15). The zero-order valence-electron chi connectivity index (χ0n) is 8.37. The number of nitrogens with zero attached hydrogens (tertiary/aromatic N) is 1. The number of rotatable bonds is 4. The maximum atomic E-state index is 11.7. The molecule has 6 heteroatoms. The minimum absolute atomic E-state index is 0.0404. The summed E-state index contributed by atoms with van der Waals surface area (Å²) in [6.07, 6.45) is 4.15. The molecule has 2 N–H and O–H groups in total. The van der Waals surface area contributed by atoms with Gasteiger partial charge in [-0.3, -0.25) is 4.79 Å². The number of halogens is 1. The van der Waals surface area contributed by atoms with Crippen LogP contribution >= 0.6 is 27.3 Å². The predicted octanol–water partition coefficient (Wildman–Crippen LogP) is 2.21. The van der Waals surface area contributed by atoms with Gasteiger partial charge in [-0.1, -0.05) is 0 Å². The van der Waals surface area contributed by atoms with Gasteiger partial charge in [-0.05, 0) is 27.4 Å². The maximum absolute atomic E-state index is 11.7. The molecule has 0 aliphatic rings. The van der Waals surface area contributed by atoms with Gasteiger partial charge in [0.1, 0.15) is 4.88 Å². The molecule has 0 spiro atoms. The van der Waals surface area contributed by atoms with Crippen molar-refractivity contribution in [1.82, 2.24) is 15.3 Å². The van der Waals surface area contributed by atoms with E-state index in [1.54, 1.807) is 12.5 Å². The molecule has 0 aliphatic heterocycles. The van der Waals surface area contributed by atoms with Crippen LogP contribution in [0.4, 0.5) is 0 Å². The molecular formula is C10H10BrN3OS. The van der Waals surface area contributed by atoms with E-state index in [9.17, 15) is 4.79 Å². The first-order valence-electron chi connectivity index (χ1n) is 4.76. The fourth-order valence-corrected chi connectivity index (χ4v) is 2.74. The number of thiophene rings is 1. The van der Waals surface area contributed by atoms with Crippen molar-refractivity contribution in [2.45, 2.75) is 6.42 Å². The van der Waals surface area contributed by atoms with Crippen molar-refractivity contribution in [3.63, 3.8) is 0 Å². The quantitative estimate of drug-likeness (QED) is 0.909. The molecule has 2 heterocycles. The van der Waals surface area contributed by atoms with E-state index < -0.39 is 0 Å². The third-order valence-electron chi connectivity index (χ3n) is 2.06. The van der Waals surface area contributed by atoms with Crippen molar-refractivity contribution >= 4 is 33.2 Å². The molecule has 4 nitrogen and oxygen atoms in total. The molecule has 0 saturated heterocycles. The number of carbonyl (C=O) groups is 1. The van der Waals surface area contributed by atoms with Crippen molar-refractivity contribution in [1.29, 1.82) is 0 Å². The normalized spacial score (nSPS) is 10.3.